The second-order valence-corrected chi connectivity index (χ2v) is 7.48. The van der Waals surface area contributed by atoms with Gasteiger partial charge < -0.3 is 10.6 Å². The van der Waals surface area contributed by atoms with Gasteiger partial charge in [0.15, 0.2) is 0 Å². The van der Waals surface area contributed by atoms with Crippen molar-refractivity contribution in [2.24, 2.45) is 5.92 Å². The molecule has 1 saturated carbocycles. The summed E-state index contributed by atoms with van der Waals surface area (Å²) in [6.45, 7) is 1.80. The number of imide groups is 1. The number of benzene rings is 1. The van der Waals surface area contributed by atoms with Crippen molar-refractivity contribution >= 4 is 41.0 Å². The van der Waals surface area contributed by atoms with Crippen molar-refractivity contribution in [3.05, 3.63) is 33.8 Å². The van der Waals surface area contributed by atoms with Crippen LogP contribution >= 0.6 is 23.2 Å². The van der Waals surface area contributed by atoms with E-state index >= 15 is 0 Å². The van der Waals surface area contributed by atoms with E-state index in [1.165, 1.54) is 0 Å². The molecule has 2 N–H and O–H groups in total. The molecule has 2 fully saturated rings. The molecular weight excluding hydrogens is 365 g/mol. The summed E-state index contributed by atoms with van der Waals surface area (Å²) in [5.74, 6) is -0.534. The molecule has 2 aliphatic rings. The van der Waals surface area contributed by atoms with Gasteiger partial charge in [0, 0.05) is 16.6 Å². The van der Waals surface area contributed by atoms with Crippen LogP contribution in [-0.4, -0.2) is 41.4 Å². The first kappa shape index (κ1) is 18.0. The highest BCUT2D eigenvalue weighted by atomic mass is 35.5. The number of rotatable bonds is 6. The third kappa shape index (κ3) is 3.75. The fourth-order valence-corrected chi connectivity index (χ4v) is 3.56. The molecule has 8 heteroatoms. The molecular formula is C17H19Cl2N3O3. The first-order valence-corrected chi connectivity index (χ1v) is 8.91. The van der Waals surface area contributed by atoms with Crippen molar-refractivity contribution < 1.29 is 14.4 Å². The summed E-state index contributed by atoms with van der Waals surface area (Å²) in [6.07, 6.45) is 2.37. The number of amides is 4. The maximum Gasteiger partial charge on any atom is 0.325 e. The molecule has 0 spiro atoms. The maximum atomic E-state index is 12.5. The molecule has 3 rings (SSSR count). The molecule has 1 aromatic rings. The molecule has 4 amide bonds. The van der Waals surface area contributed by atoms with E-state index < -0.39 is 11.6 Å². The van der Waals surface area contributed by atoms with Gasteiger partial charge in [-0.1, -0.05) is 29.3 Å². The fourth-order valence-electron chi connectivity index (χ4n) is 3.06. The van der Waals surface area contributed by atoms with Gasteiger partial charge in [0.05, 0.1) is 0 Å². The van der Waals surface area contributed by atoms with Crippen LogP contribution in [0.4, 0.5) is 4.79 Å². The van der Waals surface area contributed by atoms with Gasteiger partial charge in [-0.3, -0.25) is 14.5 Å². The highest BCUT2D eigenvalue weighted by Gasteiger charge is 2.56. The SMILES string of the molecule is C[C@]1(C2CC2)NC(=O)N(CC(=O)NCCc2ccc(Cl)cc2Cl)C1=O. The minimum Gasteiger partial charge on any atom is -0.354 e. The average Bonchev–Trinajstić information content (AvgIpc) is 3.36. The van der Waals surface area contributed by atoms with Crippen LogP contribution in [0.15, 0.2) is 18.2 Å². The number of carbonyl (C=O) groups is 3. The number of halogens is 2. The largest absolute Gasteiger partial charge is 0.354 e. The number of hydrogen-bond acceptors (Lipinski definition) is 3. The Hall–Kier alpha value is -1.79. The van der Waals surface area contributed by atoms with E-state index in [1.54, 1.807) is 25.1 Å². The topological polar surface area (TPSA) is 78.5 Å². The lowest BCUT2D eigenvalue weighted by molar-refractivity contribution is -0.135. The molecule has 1 saturated heterocycles. The lowest BCUT2D eigenvalue weighted by Gasteiger charge is -2.20. The average molecular weight is 384 g/mol. The van der Waals surface area contributed by atoms with Crippen LogP contribution in [-0.2, 0) is 16.0 Å². The van der Waals surface area contributed by atoms with Gasteiger partial charge in [-0.15, -0.1) is 0 Å². The second-order valence-electron chi connectivity index (χ2n) is 6.63. The third-order valence-corrected chi connectivity index (χ3v) is 5.32. The first-order chi connectivity index (χ1) is 11.8. The predicted octanol–water partition coefficient (Wildman–Crippen LogP) is 2.37. The van der Waals surface area contributed by atoms with Crippen molar-refractivity contribution in [1.29, 1.82) is 0 Å². The number of hydrogen-bond donors (Lipinski definition) is 2. The molecule has 134 valence electrons. The van der Waals surface area contributed by atoms with Gasteiger partial charge in [-0.2, -0.15) is 0 Å². The van der Waals surface area contributed by atoms with Crippen LogP contribution < -0.4 is 10.6 Å². The van der Waals surface area contributed by atoms with Gasteiger partial charge in [-0.25, -0.2) is 4.79 Å². The number of carbonyl (C=O) groups excluding carboxylic acids is 3. The molecule has 0 aromatic heterocycles. The van der Waals surface area contributed by atoms with Crippen LogP contribution in [0.5, 0.6) is 0 Å². The number of nitrogens with zero attached hydrogens (tertiary/aromatic N) is 1. The quantitative estimate of drug-likeness (QED) is 0.740. The Bertz CT molecular complexity index is 736. The van der Waals surface area contributed by atoms with Gasteiger partial charge in [0.2, 0.25) is 5.91 Å². The summed E-state index contributed by atoms with van der Waals surface area (Å²) in [5.41, 5.74) is -0.00329. The molecule has 25 heavy (non-hydrogen) atoms. The summed E-state index contributed by atoms with van der Waals surface area (Å²) in [4.78, 5) is 37.5. The molecule has 0 bridgehead atoms. The van der Waals surface area contributed by atoms with Crippen LogP contribution in [0, 0.1) is 5.92 Å². The van der Waals surface area contributed by atoms with E-state index in [4.69, 9.17) is 23.2 Å². The Morgan fingerprint density at radius 3 is 2.72 bits per heavy atom. The zero-order valence-corrected chi connectivity index (χ0v) is 15.3. The highest BCUT2D eigenvalue weighted by Crippen LogP contribution is 2.42. The minimum absolute atomic E-state index is 0.170. The Morgan fingerprint density at radius 1 is 1.36 bits per heavy atom. The molecule has 1 aliphatic carbocycles. The van der Waals surface area contributed by atoms with Crippen LogP contribution in [0.25, 0.3) is 0 Å². The number of urea groups is 1. The van der Waals surface area contributed by atoms with Gasteiger partial charge in [0.25, 0.3) is 5.91 Å². The molecule has 1 atom stereocenters. The second kappa shape index (κ2) is 6.84. The van der Waals surface area contributed by atoms with E-state index in [-0.39, 0.29) is 24.3 Å². The smallest absolute Gasteiger partial charge is 0.325 e. The van der Waals surface area contributed by atoms with Crippen molar-refractivity contribution in [1.82, 2.24) is 15.5 Å². The lowest BCUT2D eigenvalue weighted by atomic mass is 9.96. The van der Waals surface area contributed by atoms with Crippen molar-refractivity contribution in [3.8, 4) is 0 Å². The Labute approximate surface area is 155 Å². The van der Waals surface area contributed by atoms with Crippen molar-refractivity contribution in [2.45, 2.75) is 31.7 Å². The van der Waals surface area contributed by atoms with Crippen LogP contribution in [0.3, 0.4) is 0 Å². The Balaban J connectivity index is 1.51. The summed E-state index contributed by atoms with van der Waals surface area (Å²) in [6, 6.07) is 4.67. The molecule has 1 aromatic carbocycles. The lowest BCUT2D eigenvalue weighted by Crippen LogP contribution is -2.47. The fraction of sp³-hybridized carbons (Fsp3) is 0.471. The van der Waals surface area contributed by atoms with E-state index in [0.29, 0.717) is 23.0 Å². The standard InChI is InChI=1S/C17H19Cl2N3O3/c1-17(11-3-4-11)15(24)22(16(25)21-17)9-14(23)20-7-6-10-2-5-12(18)8-13(10)19/h2,5,8,11H,3-4,6-7,9H2,1H3,(H,20,23)(H,21,25)/t17-/m1/s1. The normalized spacial score (nSPS) is 22.9. The summed E-state index contributed by atoms with van der Waals surface area (Å²) >= 11 is 11.9. The van der Waals surface area contributed by atoms with Crippen LogP contribution in [0.2, 0.25) is 10.0 Å². The van der Waals surface area contributed by atoms with E-state index in [9.17, 15) is 14.4 Å². The minimum atomic E-state index is -0.867. The summed E-state index contributed by atoms with van der Waals surface area (Å²) in [7, 11) is 0. The van der Waals surface area contributed by atoms with Crippen molar-refractivity contribution in [2.75, 3.05) is 13.1 Å². The zero-order valence-electron chi connectivity index (χ0n) is 13.8. The molecule has 1 heterocycles. The predicted molar refractivity (Wildman–Crippen MR) is 94.5 cm³/mol. The first-order valence-electron chi connectivity index (χ1n) is 8.16. The van der Waals surface area contributed by atoms with Crippen LogP contribution in [0.1, 0.15) is 25.3 Å². The summed E-state index contributed by atoms with van der Waals surface area (Å²) < 4.78 is 0. The van der Waals surface area contributed by atoms with Gasteiger partial charge in [0.1, 0.15) is 12.1 Å². The molecule has 0 unspecified atom stereocenters. The zero-order chi connectivity index (χ0) is 18.2. The Morgan fingerprint density at radius 2 is 2.08 bits per heavy atom. The van der Waals surface area contributed by atoms with E-state index in [1.807, 2.05) is 0 Å². The maximum absolute atomic E-state index is 12.5. The molecule has 1 aliphatic heterocycles. The third-order valence-electron chi connectivity index (χ3n) is 4.73. The number of nitrogens with one attached hydrogen (secondary N) is 2. The Kier molecular flexibility index (Phi) is 4.93. The van der Waals surface area contributed by atoms with Crippen molar-refractivity contribution in [3.63, 3.8) is 0 Å². The monoisotopic (exact) mass is 383 g/mol. The summed E-state index contributed by atoms with van der Waals surface area (Å²) in [5, 5.41) is 6.52. The van der Waals surface area contributed by atoms with Gasteiger partial charge in [-0.05, 0) is 49.8 Å². The molecule has 6 nitrogen and oxygen atoms in total. The van der Waals surface area contributed by atoms with Gasteiger partial charge >= 0.3 is 6.03 Å². The highest BCUT2D eigenvalue weighted by molar-refractivity contribution is 6.35. The molecule has 0 radical (unpaired) electrons. The van der Waals surface area contributed by atoms with E-state index in [2.05, 4.69) is 10.6 Å². The van der Waals surface area contributed by atoms with E-state index in [0.717, 1.165) is 23.3 Å².